The molecule has 1 N–H and O–H groups in total. The Bertz CT molecular complexity index is 1230. The standard InChI is InChI=1S/C27H30BrN3O3S/c28-24-8-7-9-25(18-24)31(35(33,34)26-10-3-1-4-11-26)21-27(32)29-19-22-12-14-23(15-13-22)20-30-16-5-2-6-17-30/h1,3-4,7-15,18H,2,5-6,16-17,19-21H2,(H,29,32). The molecule has 0 aromatic heterocycles. The lowest BCUT2D eigenvalue weighted by atomic mass is 10.1. The van der Waals surface area contributed by atoms with Crippen molar-refractivity contribution in [2.24, 2.45) is 0 Å². The number of hydrogen-bond acceptors (Lipinski definition) is 4. The largest absolute Gasteiger partial charge is 0.350 e. The van der Waals surface area contributed by atoms with Crippen LogP contribution in [-0.4, -0.2) is 38.9 Å². The first-order chi connectivity index (χ1) is 16.9. The fraction of sp³-hybridized carbons (Fsp3) is 0.296. The van der Waals surface area contributed by atoms with E-state index >= 15 is 0 Å². The van der Waals surface area contributed by atoms with Crippen molar-refractivity contribution in [2.75, 3.05) is 23.9 Å². The molecule has 1 amide bonds. The zero-order valence-electron chi connectivity index (χ0n) is 19.6. The van der Waals surface area contributed by atoms with Gasteiger partial charge in [-0.05, 0) is 67.4 Å². The van der Waals surface area contributed by atoms with Gasteiger partial charge in [0.1, 0.15) is 6.54 Å². The highest BCUT2D eigenvalue weighted by atomic mass is 79.9. The van der Waals surface area contributed by atoms with Crippen molar-refractivity contribution in [1.82, 2.24) is 10.2 Å². The minimum absolute atomic E-state index is 0.136. The number of likely N-dealkylation sites (tertiary alicyclic amines) is 1. The van der Waals surface area contributed by atoms with Gasteiger partial charge in [-0.25, -0.2) is 8.42 Å². The van der Waals surface area contributed by atoms with Gasteiger partial charge in [-0.2, -0.15) is 0 Å². The fourth-order valence-corrected chi connectivity index (χ4v) is 6.01. The molecule has 0 atom stereocenters. The number of carbonyl (C=O) groups is 1. The van der Waals surface area contributed by atoms with E-state index in [9.17, 15) is 13.2 Å². The summed E-state index contributed by atoms with van der Waals surface area (Å²) in [5, 5.41) is 2.87. The third-order valence-corrected chi connectivity index (χ3v) is 8.36. The third-order valence-electron chi connectivity index (χ3n) is 6.08. The molecule has 1 heterocycles. The van der Waals surface area contributed by atoms with E-state index in [1.165, 1.54) is 37.0 Å². The quantitative estimate of drug-likeness (QED) is 0.405. The van der Waals surface area contributed by atoms with Gasteiger partial charge in [0.05, 0.1) is 10.6 Å². The van der Waals surface area contributed by atoms with Crippen LogP contribution in [0, 0.1) is 0 Å². The molecule has 1 saturated heterocycles. The number of nitrogens with one attached hydrogen (secondary N) is 1. The predicted molar refractivity (Wildman–Crippen MR) is 143 cm³/mol. The number of amides is 1. The predicted octanol–water partition coefficient (Wildman–Crippen LogP) is 4.95. The number of hydrogen-bond donors (Lipinski definition) is 1. The van der Waals surface area contributed by atoms with Crippen LogP contribution in [0.2, 0.25) is 0 Å². The highest BCUT2D eigenvalue weighted by molar-refractivity contribution is 9.10. The van der Waals surface area contributed by atoms with Crippen LogP contribution in [0.3, 0.4) is 0 Å². The molecule has 4 rings (SSSR count). The van der Waals surface area contributed by atoms with Crippen LogP contribution >= 0.6 is 15.9 Å². The summed E-state index contributed by atoms with van der Waals surface area (Å²) < 4.78 is 28.6. The number of benzene rings is 3. The highest BCUT2D eigenvalue weighted by Crippen LogP contribution is 2.26. The molecular weight excluding hydrogens is 526 g/mol. The summed E-state index contributed by atoms with van der Waals surface area (Å²) in [7, 11) is -3.92. The summed E-state index contributed by atoms with van der Waals surface area (Å²) in [6, 6.07) is 23.3. The van der Waals surface area contributed by atoms with Crippen LogP contribution in [0.15, 0.2) is 88.2 Å². The Morgan fingerprint density at radius 2 is 1.57 bits per heavy atom. The fourth-order valence-electron chi connectivity index (χ4n) is 4.19. The maximum atomic E-state index is 13.4. The molecule has 0 saturated carbocycles. The zero-order chi connectivity index (χ0) is 24.7. The van der Waals surface area contributed by atoms with Crippen molar-refractivity contribution in [3.63, 3.8) is 0 Å². The van der Waals surface area contributed by atoms with Crippen LogP contribution in [0.4, 0.5) is 5.69 Å². The maximum Gasteiger partial charge on any atom is 0.264 e. The van der Waals surface area contributed by atoms with Crippen LogP contribution < -0.4 is 9.62 Å². The summed E-state index contributed by atoms with van der Waals surface area (Å²) in [5.41, 5.74) is 2.65. The molecule has 3 aromatic carbocycles. The Morgan fingerprint density at radius 3 is 2.26 bits per heavy atom. The summed E-state index contributed by atoms with van der Waals surface area (Å²) in [6.07, 6.45) is 3.85. The van der Waals surface area contributed by atoms with Gasteiger partial charge < -0.3 is 5.32 Å². The summed E-state index contributed by atoms with van der Waals surface area (Å²) in [4.78, 5) is 15.5. The average Bonchev–Trinajstić information content (AvgIpc) is 2.88. The normalized spacial score (nSPS) is 14.4. The van der Waals surface area contributed by atoms with E-state index < -0.39 is 10.0 Å². The van der Waals surface area contributed by atoms with Gasteiger partial charge in [0.2, 0.25) is 5.91 Å². The van der Waals surface area contributed by atoms with Crippen LogP contribution in [0.5, 0.6) is 0 Å². The SMILES string of the molecule is O=C(CN(c1cccc(Br)c1)S(=O)(=O)c1ccccc1)NCc1ccc(CN2CCCCC2)cc1. The smallest absolute Gasteiger partial charge is 0.264 e. The first-order valence-corrected chi connectivity index (χ1v) is 14.1. The van der Waals surface area contributed by atoms with Crippen LogP contribution in [-0.2, 0) is 27.9 Å². The minimum Gasteiger partial charge on any atom is -0.350 e. The number of carbonyl (C=O) groups excluding carboxylic acids is 1. The molecule has 1 aliphatic rings. The van der Waals surface area contributed by atoms with Crippen molar-refractivity contribution in [3.05, 3.63) is 94.5 Å². The van der Waals surface area contributed by atoms with E-state index in [1.54, 1.807) is 36.4 Å². The van der Waals surface area contributed by atoms with Gasteiger partial charge in [0.15, 0.2) is 0 Å². The molecule has 8 heteroatoms. The molecule has 1 fully saturated rings. The Morgan fingerprint density at radius 1 is 0.886 bits per heavy atom. The van der Waals surface area contributed by atoms with E-state index in [0.717, 1.165) is 34.0 Å². The number of sulfonamides is 1. The number of rotatable bonds is 9. The molecule has 35 heavy (non-hydrogen) atoms. The molecule has 0 radical (unpaired) electrons. The summed E-state index contributed by atoms with van der Waals surface area (Å²) in [5.74, 6) is -0.373. The second kappa shape index (κ2) is 11.8. The van der Waals surface area contributed by atoms with Crippen molar-refractivity contribution < 1.29 is 13.2 Å². The van der Waals surface area contributed by atoms with Gasteiger partial charge in [-0.1, -0.05) is 70.9 Å². The highest BCUT2D eigenvalue weighted by Gasteiger charge is 2.27. The lowest BCUT2D eigenvalue weighted by Gasteiger charge is -2.26. The molecule has 184 valence electrons. The molecule has 6 nitrogen and oxygen atoms in total. The van der Waals surface area contributed by atoms with Gasteiger partial charge in [0.25, 0.3) is 10.0 Å². The van der Waals surface area contributed by atoms with Crippen molar-refractivity contribution in [1.29, 1.82) is 0 Å². The van der Waals surface area contributed by atoms with E-state index in [4.69, 9.17) is 0 Å². The van der Waals surface area contributed by atoms with E-state index in [0.29, 0.717) is 12.2 Å². The van der Waals surface area contributed by atoms with Crippen molar-refractivity contribution in [3.8, 4) is 0 Å². The molecular formula is C27H30BrN3O3S. The summed E-state index contributed by atoms with van der Waals surface area (Å²) in [6.45, 7) is 3.27. The molecule has 3 aromatic rings. The number of nitrogens with zero attached hydrogens (tertiary/aromatic N) is 2. The van der Waals surface area contributed by atoms with E-state index in [1.807, 2.05) is 18.2 Å². The third kappa shape index (κ3) is 6.93. The molecule has 1 aliphatic heterocycles. The van der Waals surface area contributed by atoms with Gasteiger partial charge >= 0.3 is 0 Å². The van der Waals surface area contributed by atoms with Crippen molar-refractivity contribution in [2.45, 2.75) is 37.2 Å². The van der Waals surface area contributed by atoms with E-state index in [-0.39, 0.29) is 17.3 Å². The van der Waals surface area contributed by atoms with Crippen LogP contribution in [0.1, 0.15) is 30.4 Å². The van der Waals surface area contributed by atoms with Crippen molar-refractivity contribution >= 4 is 37.5 Å². The average molecular weight is 557 g/mol. The molecule has 0 aliphatic carbocycles. The molecule has 0 spiro atoms. The molecule has 0 bridgehead atoms. The Hall–Kier alpha value is -2.68. The Labute approximate surface area is 216 Å². The summed E-state index contributed by atoms with van der Waals surface area (Å²) >= 11 is 3.39. The lowest BCUT2D eigenvalue weighted by molar-refractivity contribution is -0.119. The molecule has 0 unspecified atom stereocenters. The topological polar surface area (TPSA) is 69.7 Å². The monoisotopic (exact) mass is 555 g/mol. The second-order valence-electron chi connectivity index (χ2n) is 8.73. The van der Waals surface area contributed by atoms with Gasteiger partial charge in [-0.15, -0.1) is 0 Å². The minimum atomic E-state index is -3.92. The Kier molecular flexibility index (Phi) is 8.59. The van der Waals surface area contributed by atoms with Crippen LogP contribution in [0.25, 0.3) is 0 Å². The van der Waals surface area contributed by atoms with E-state index in [2.05, 4.69) is 38.3 Å². The first-order valence-electron chi connectivity index (χ1n) is 11.8. The Balaban J connectivity index is 1.42. The van der Waals surface area contributed by atoms with Gasteiger partial charge in [-0.3, -0.25) is 14.0 Å². The number of piperidine rings is 1. The number of anilines is 1. The van der Waals surface area contributed by atoms with Gasteiger partial charge in [0, 0.05) is 17.6 Å². The second-order valence-corrected chi connectivity index (χ2v) is 11.5. The zero-order valence-corrected chi connectivity index (χ0v) is 22.0. The lowest BCUT2D eigenvalue weighted by Crippen LogP contribution is -2.40. The number of halogens is 1. The first kappa shape index (κ1) is 25.4. The maximum absolute atomic E-state index is 13.4.